The monoisotopic (exact) mass is 379 g/mol. The third-order valence-electron chi connectivity index (χ3n) is 4.55. The molecule has 0 radical (unpaired) electrons. The van der Waals surface area contributed by atoms with Gasteiger partial charge in [-0.05, 0) is 18.4 Å². The lowest BCUT2D eigenvalue weighted by atomic mass is 10.1. The number of nitrogens with one attached hydrogen (secondary N) is 2. The maximum absolute atomic E-state index is 12.4. The first-order valence-corrected chi connectivity index (χ1v) is 10.3. The van der Waals surface area contributed by atoms with Gasteiger partial charge in [-0.25, -0.2) is 13.2 Å². The molecule has 0 aromatic heterocycles. The smallest absolute Gasteiger partial charge is 0.325 e. The molecule has 2 heterocycles. The Morgan fingerprint density at radius 1 is 1.23 bits per heavy atom. The summed E-state index contributed by atoms with van der Waals surface area (Å²) >= 11 is 0. The lowest BCUT2D eigenvalue weighted by molar-refractivity contribution is -0.128. The highest BCUT2D eigenvalue weighted by Crippen LogP contribution is 2.16. The molecule has 2 N–H and O–H groups in total. The number of nitrogens with zero attached hydrogens (tertiary/aromatic N) is 1. The van der Waals surface area contributed by atoms with E-state index in [0.717, 1.165) is 10.5 Å². The molecule has 2 aliphatic heterocycles. The van der Waals surface area contributed by atoms with E-state index in [1.807, 2.05) is 30.3 Å². The molecule has 2 aliphatic rings. The van der Waals surface area contributed by atoms with Crippen molar-refractivity contribution in [2.45, 2.75) is 37.9 Å². The van der Waals surface area contributed by atoms with Crippen LogP contribution < -0.4 is 10.6 Å². The number of carbonyl (C=O) groups excluding carboxylic acids is 3. The number of rotatable bonds is 6. The zero-order chi connectivity index (χ0) is 18.7. The molecule has 0 bridgehead atoms. The number of benzene rings is 1. The SMILES string of the molecule is O=C(CC[C@H]1NC(=O)N(Cc2ccccc2)C1=O)N[C@@H]1CCS(=O)(=O)C1. The van der Waals surface area contributed by atoms with Gasteiger partial charge in [0.2, 0.25) is 5.91 Å². The van der Waals surface area contributed by atoms with Crippen LogP contribution in [0.5, 0.6) is 0 Å². The Balaban J connectivity index is 1.49. The van der Waals surface area contributed by atoms with E-state index in [4.69, 9.17) is 0 Å². The van der Waals surface area contributed by atoms with E-state index in [1.54, 1.807) is 0 Å². The second-order valence-electron chi connectivity index (χ2n) is 6.62. The molecule has 0 unspecified atom stereocenters. The van der Waals surface area contributed by atoms with Crippen LogP contribution in [0.15, 0.2) is 30.3 Å². The number of urea groups is 1. The fraction of sp³-hybridized carbons (Fsp3) is 0.471. The van der Waals surface area contributed by atoms with Crippen LogP contribution >= 0.6 is 0 Å². The van der Waals surface area contributed by atoms with Crippen molar-refractivity contribution in [3.05, 3.63) is 35.9 Å². The van der Waals surface area contributed by atoms with Crippen LogP contribution in [-0.2, 0) is 26.0 Å². The fourth-order valence-electron chi connectivity index (χ4n) is 3.17. The third kappa shape index (κ3) is 4.40. The number of hydrogen-bond acceptors (Lipinski definition) is 5. The van der Waals surface area contributed by atoms with Crippen molar-refractivity contribution < 1.29 is 22.8 Å². The number of imide groups is 1. The molecule has 26 heavy (non-hydrogen) atoms. The van der Waals surface area contributed by atoms with E-state index in [2.05, 4.69) is 10.6 Å². The van der Waals surface area contributed by atoms with E-state index in [0.29, 0.717) is 6.42 Å². The average Bonchev–Trinajstić information content (AvgIpc) is 3.07. The van der Waals surface area contributed by atoms with Crippen molar-refractivity contribution >= 4 is 27.7 Å². The predicted molar refractivity (Wildman–Crippen MR) is 93.7 cm³/mol. The second-order valence-corrected chi connectivity index (χ2v) is 8.85. The largest absolute Gasteiger partial charge is 0.352 e. The van der Waals surface area contributed by atoms with Crippen molar-refractivity contribution in [2.75, 3.05) is 11.5 Å². The van der Waals surface area contributed by atoms with Crippen molar-refractivity contribution in [1.82, 2.24) is 15.5 Å². The summed E-state index contributed by atoms with van der Waals surface area (Å²) < 4.78 is 22.8. The lowest BCUT2D eigenvalue weighted by Crippen LogP contribution is -2.37. The van der Waals surface area contributed by atoms with Crippen molar-refractivity contribution in [2.24, 2.45) is 0 Å². The van der Waals surface area contributed by atoms with Crippen molar-refractivity contribution in [3.8, 4) is 0 Å². The number of hydrogen-bond donors (Lipinski definition) is 2. The van der Waals surface area contributed by atoms with Gasteiger partial charge in [0.05, 0.1) is 18.1 Å². The molecule has 140 valence electrons. The Morgan fingerprint density at radius 2 is 1.96 bits per heavy atom. The molecule has 2 atom stereocenters. The quantitative estimate of drug-likeness (QED) is 0.685. The highest BCUT2D eigenvalue weighted by atomic mass is 32.2. The summed E-state index contributed by atoms with van der Waals surface area (Å²) in [6, 6.07) is 7.62. The Kier molecular flexibility index (Phi) is 5.26. The summed E-state index contributed by atoms with van der Waals surface area (Å²) in [7, 11) is -3.06. The van der Waals surface area contributed by atoms with E-state index < -0.39 is 21.9 Å². The van der Waals surface area contributed by atoms with Gasteiger partial charge in [-0.2, -0.15) is 0 Å². The van der Waals surface area contributed by atoms with Crippen LogP contribution in [0.4, 0.5) is 4.79 Å². The molecule has 0 saturated carbocycles. The van der Waals surface area contributed by atoms with Crippen molar-refractivity contribution in [3.63, 3.8) is 0 Å². The average molecular weight is 379 g/mol. The Labute approximate surface area is 151 Å². The number of sulfone groups is 1. The van der Waals surface area contributed by atoms with Crippen molar-refractivity contribution in [1.29, 1.82) is 0 Å². The minimum atomic E-state index is -3.06. The van der Waals surface area contributed by atoms with Gasteiger partial charge in [0.1, 0.15) is 6.04 Å². The number of carbonyl (C=O) groups is 3. The zero-order valence-electron chi connectivity index (χ0n) is 14.2. The number of amides is 4. The highest BCUT2D eigenvalue weighted by Gasteiger charge is 2.38. The van der Waals surface area contributed by atoms with Crippen LogP contribution in [0.2, 0.25) is 0 Å². The maximum Gasteiger partial charge on any atom is 0.325 e. The summed E-state index contributed by atoms with van der Waals surface area (Å²) in [5.74, 6) is -0.613. The Bertz CT molecular complexity index is 809. The minimum absolute atomic E-state index is 0.0390. The lowest BCUT2D eigenvalue weighted by Gasteiger charge is -2.14. The van der Waals surface area contributed by atoms with Gasteiger partial charge in [-0.15, -0.1) is 0 Å². The van der Waals surface area contributed by atoms with Gasteiger partial charge in [0, 0.05) is 12.5 Å². The fourth-order valence-corrected chi connectivity index (χ4v) is 4.85. The summed E-state index contributed by atoms with van der Waals surface area (Å²) in [5.41, 5.74) is 0.844. The maximum atomic E-state index is 12.4. The van der Waals surface area contributed by atoms with Gasteiger partial charge in [-0.3, -0.25) is 14.5 Å². The molecule has 1 aromatic carbocycles. The standard InChI is InChI=1S/C17H21N3O5S/c21-15(18-13-8-9-26(24,25)11-13)7-6-14-16(22)20(17(23)19-14)10-12-4-2-1-3-5-12/h1-5,13-14H,6-11H2,(H,18,21)(H,19,23)/t13-,14-/m1/s1. The van der Waals surface area contributed by atoms with E-state index in [9.17, 15) is 22.8 Å². The zero-order valence-corrected chi connectivity index (χ0v) is 15.0. The summed E-state index contributed by atoms with van der Waals surface area (Å²) in [4.78, 5) is 37.5. The van der Waals surface area contributed by atoms with Gasteiger partial charge in [0.25, 0.3) is 5.91 Å². The minimum Gasteiger partial charge on any atom is -0.352 e. The molecule has 4 amide bonds. The Hall–Kier alpha value is -2.42. The molecule has 1 aromatic rings. The van der Waals surface area contributed by atoms with E-state index >= 15 is 0 Å². The summed E-state index contributed by atoms with van der Waals surface area (Å²) in [6.45, 7) is 0.189. The van der Waals surface area contributed by atoms with Crippen LogP contribution in [0.3, 0.4) is 0 Å². The molecule has 0 spiro atoms. The Morgan fingerprint density at radius 3 is 2.62 bits per heavy atom. The van der Waals surface area contributed by atoms with E-state index in [-0.39, 0.29) is 48.7 Å². The molecule has 9 heteroatoms. The van der Waals surface area contributed by atoms with Gasteiger partial charge in [-0.1, -0.05) is 30.3 Å². The molecule has 2 fully saturated rings. The van der Waals surface area contributed by atoms with Crippen LogP contribution in [0.1, 0.15) is 24.8 Å². The molecular formula is C17H21N3O5S. The van der Waals surface area contributed by atoms with Gasteiger partial charge >= 0.3 is 6.03 Å². The first kappa shape index (κ1) is 18.4. The van der Waals surface area contributed by atoms with Crippen LogP contribution in [0, 0.1) is 0 Å². The highest BCUT2D eigenvalue weighted by molar-refractivity contribution is 7.91. The molecule has 2 saturated heterocycles. The summed E-state index contributed by atoms with van der Waals surface area (Å²) in [5, 5.41) is 5.28. The second kappa shape index (κ2) is 7.45. The summed E-state index contributed by atoms with van der Waals surface area (Å²) in [6.07, 6.45) is 0.644. The van der Waals surface area contributed by atoms with E-state index in [1.165, 1.54) is 0 Å². The van der Waals surface area contributed by atoms with Gasteiger partial charge < -0.3 is 10.6 Å². The van der Waals surface area contributed by atoms with Crippen LogP contribution in [0.25, 0.3) is 0 Å². The first-order chi connectivity index (χ1) is 12.3. The first-order valence-electron chi connectivity index (χ1n) is 8.50. The molecular weight excluding hydrogens is 358 g/mol. The molecule has 3 rings (SSSR count). The predicted octanol–water partition coefficient (Wildman–Crippen LogP) is 0.191. The topological polar surface area (TPSA) is 113 Å². The van der Waals surface area contributed by atoms with Crippen LogP contribution in [-0.4, -0.2) is 54.8 Å². The molecule has 8 nitrogen and oxygen atoms in total. The normalized spacial score (nSPS) is 24.5. The third-order valence-corrected chi connectivity index (χ3v) is 6.32. The van der Waals surface area contributed by atoms with Gasteiger partial charge in [0.15, 0.2) is 9.84 Å². The molecule has 0 aliphatic carbocycles.